The van der Waals surface area contributed by atoms with Gasteiger partial charge in [-0.05, 0) is 63.1 Å². The molecule has 27 heavy (non-hydrogen) atoms. The molecule has 2 aromatic carbocycles. The standard InChI is InChI=1S/C21H24ClNO3S/c1-5-26-19-7-6-16(15(4)24)10-17(19)11-27-12-20(25)23-21-14(3)8-13(2)9-18(21)22/h6-10H,5,11-12H2,1-4H3,(H,23,25). The quantitative estimate of drug-likeness (QED) is 0.595. The van der Waals surface area contributed by atoms with Gasteiger partial charge in [0, 0.05) is 16.9 Å². The van der Waals surface area contributed by atoms with E-state index in [0.29, 0.717) is 28.6 Å². The minimum Gasteiger partial charge on any atom is -0.494 e. The zero-order valence-corrected chi connectivity index (χ0v) is 17.6. The third kappa shape index (κ3) is 6.01. The summed E-state index contributed by atoms with van der Waals surface area (Å²) in [5, 5.41) is 3.42. The SMILES string of the molecule is CCOc1ccc(C(C)=O)cc1CSCC(=O)Nc1c(C)cc(C)cc1Cl. The number of hydrogen-bond donors (Lipinski definition) is 1. The molecule has 144 valence electrons. The van der Waals surface area contributed by atoms with Crippen LogP contribution in [0.4, 0.5) is 5.69 Å². The van der Waals surface area contributed by atoms with Gasteiger partial charge in [0.2, 0.25) is 5.91 Å². The van der Waals surface area contributed by atoms with Crippen LogP contribution in [-0.2, 0) is 10.5 Å². The highest BCUT2D eigenvalue weighted by Gasteiger charge is 2.12. The molecule has 0 unspecified atom stereocenters. The Morgan fingerprint density at radius 2 is 1.93 bits per heavy atom. The number of amides is 1. The highest BCUT2D eigenvalue weighted by molar-refractivity contribution is 7.99. The van der Waals surface area contributed by atoms with Crippen LogP contribution in [0.25, 0.3) is 0 Å². The normalized spacial score (nSPS) is 10.6. The number of aryl methyl sites for hydroxylation is 2. The van der Waals surface area contributed by atoms with Gasteiger partial charge in [0.25, 0.3) is 0 Å². The Hall–Kier alpha value is -1.98. The van der Waals surface area contributed by atoms with Crippen molar-refractivity contribution in [2.75, 3.05) is 17.7 Å². The van der Waals surface area contributed by atoms with Gasteiger partial charge >= 0.3 is 0 Å². The van der Waals surface area contributed by atoms with E-state index in [1.54, 1.807) is 6.07 Å². The second-order valence-electron chi connectivity index (χ2n) is 6.29. The number of Topliss-reactive ketones (excluding diaryl/α,β-unsaturated/α-hetero) is 1. The topological polar surface area (TPSA) is 55.4 Å². The average Bonchev–Trinajstić information content (AvgIpc) is 2.59. The van der Waals surface area contributed by atoms with Crippen LogP contribution in [0.2, 0.25) is 5.02 Å². The fourth-order valence-corrected chi connectivity index (χ4v) is 3.88. The summed E-state index contributed by atoms with van der Waals surface area (Å²) in [4.78, 5) is 23.9. The molecule has 4 nitrogen and oxygen atoms in total. The number of nitrogens with one attached hydrogen (secondary N) is 1. The molecule has 0 radical (unpaired) electrons. The number of benzene rings is 2. The fourth-order valence-electron chi connectivity index (χ4n) is 2.71. The Labute approximate surface area is 169 Å². The van der Waals surface area contributed by atoms with Crippen LogP contribution in [-0.4, -0.2) is 24.1 Å². The van der Waals surface area contributed by atoms with E-state index in [2.05, 4.69) is 5.32 Å². The maximum Gasteiger partial charge on any atom is 0.234 e. The van der Waals surface area contributed by atoms with Crippen molar-refractivity contribution in [1.29, 1.82) is 0 Å². The van der Waals surface area contributed by atoms with Gasteiger partial charge in [0.05, 0.1) is 23.1 Å². The molecule has 2 rings (SSSR count). The lowest BCUT2D eigenvalue weighted by Crippen LogP contribution is -2.15. The first-order chi connectivity index (χ1) is 12.8. The molecule has 0 heterocycles. The summed E-state index contributed by atoms with van der Waals surface area (Å²) >= 11 is 7.70. The molecule has 0 saturated carbocycles. The molecule has 0 aliphatic heterocycles. The molecule has 0 saturated heterocycles. The van der Waals surface area contributed by atoms with Gasteiger partial charge in [-0.2, -0.15) is 0 Å². The second kappa shape index (κ2) is 9.81. The number of ketones is 1. The van der Waals surface area contributed by atoms with Crippen LogP contribution >= 0.6 is 23.4 Å². The van der Waals surface area contributed by atoms with E-state index in [9.17, 15) is 9.59 Å². The summed E-state index contributed by atoms with van der Waals surface area (Å²) in [6, 6.07) is 9.22. The van der Waals surface area contributed by atoms with Crippen LogP contribution in [0.3, 0.4) is 0 Å². The van der Waals surface area contributed by atoms with Gasteiger partial charge in [-0.15, -0.1) is 11.8 Å². The minimum atomic E-state index is -0.116. The average molecular weight is 406 g/mol. The summed E-state index contributed by atoms with van der Waals surface area (Å²) in [6.07, 6.45) is 0. The Bertz CT molecular complexity index is 828. The van der Waals surface area contributed by atoms with Gasteiger partial charge in [-0.25, -0.2) is 0 Å². The fraction of sp³-hybridized carbons (Fsp3) is 0.333. The molecule has 2 aromatic rings. The first-order valence-electron chi connectivity index (χ1n) is 8.72. The molecule has 0 fully saturated rings. The number of carbonyl (C=O) groups excluding carboxylic acids is 2. The summed E-state index contributed by atoms with van der Waals surface area (Å²) in [5.41, 5.74) is 4.19. The van der Waals surface area contributed by atoms with E-state index in [0.717, 1.165) is 22.4 Å². The zero-order chi connectivity index (χ0) is 20.0. The van der Waals surface area contributed by atoms with Crippen molar-refractivity contribution in [3.05, 3.63) is 57.6 Å². The van der Waals surface area contributed by atoms with Crippen LogP contribution in [0.15, 0.2) is 30.3 Å². The number of carbonyl (C=O) groups is 2. The largest absolute Gasteiger partial charge is 0.494 e. The van der Waals surface area contributed by atoms with Crippen molar-refractivity contribution < 1.29 is 14.3 Å². The maximum absolute atomic E-state index is 12.3. The van der Waals surface area contributed by atoms with E-state index < -0.39 is 0 Å². The first kappa shape index (κ1) is 21.3. The van der Waals surface area contributed by atoms with Crippen LogP contribution in [0.5, 0.6) is 5.75 Å². The molecular weight excluding hydrogens is 382 g/mol. The van der Waals surface area contributed by atoms with Gasteiger partial charge in [0.15, 0.2) is 5.78 Å². The molecule has 0 aliphatic carbocycles. The van der Waals surface area contributed by atoms with Crippen molar-refractivity contribution in [3.8, 4) is 5.75 Å². The van der Waals surface area contributed by atoms with Gasteiger partial charge in [-0.3, -0.25) is 9.59 Å². The Kier molecular flexibility index (Phi) is 7.75. The molecule has 1 N–H and O–H groups in total. The number of ether oxygens (including phenoxy) is 1. The van der Waals surface area contributed by atoms with E-state index in [-0.39, 0.29) is 17.4 Å². The third-order valence-corrected chi connectivity index (χ3v) is 5.23. The lowest BCUT2D eigenvalue weighted by Gasteiger charge is -2.13. The first-order valence-corrected chi connectivity index (χ1v) is 10.3. The Balaban J connectivity index is 2.00. The predicted molar refractivity (Wildman–Crippen MR) is 113 cm³/mol. The number of hydrogen-bond acceptors (Lipinski definition) is 4. The van der Waals surface area contributed by atoms with E-state index >= 15 is 0 Å². The highest BCUT2D eigenvalue weighted by Crippen LogP contribution is 2.28. The van der Waals surface area contributed by atoms with E-state index in [1.165, 1.54) is 18.7 Å². The zero-order valence-electron chi connectivity index (χ0n) is 16.0. The summed E-state index contributed by atoms with van der Waals surface area (Å²) in [7, 11) is 0. The maximum atomic E-state index is 12.3. The Morgan fingerprint density at radius 1 is 1.19 bits per heavy atom. The number of anilines is 1. The monoisotopic (exact) mass is 405 g/mol. The Morgan fingerprint density at radius 3 is 2.56 bits per heavy atom. The van der Waals surface area contributed by atoms with Crippen LogP contribution in [0, 0.1) is 13.8 Å². The van der Waals surface area contributed by atoms with E-state index in [1.807, 2.05) is 45.0 Å². The predicted octanol–water partition coefficient (Wildman–Crippen LogP) is 5.43. The number of thioether (sulfide) groups is 1. The third-order valence-electron chi connectivity index (χ3n) is 3.95. The van der Waals surface area contributed by atoms with Gasteiger partial charge < -0.3 is 10.1 Å². The van der Waals surface area contributed by atoms with Crippen molar-refractivity contribution in [2.24, 2.45) is 0 Å². The number of halogens is 1. The van der Waals surface area contributed by atoms with Crippen molar-refractivity contribution in [2.45, 2.75) is 33.4 Å². The molecule has 0 aromatic heterocycles. The minimum absolute atomic E-state index is 0.00605. The van der Waals surface area contributed by atoms with Crippen LogP contribution < -0.4 is 10.1 Å². The summed E-state index contributed by atoms with van der Waals surface area (Å²) < 4.78 is 5.62. The molecule has 6 heteroatoms. The van der Waals surface area contributed by atoms with Crippen LogP contribution in [0.1, 0.15) is 40.9 Å². The lowest BCUT2D eigenvalue weighted by molar-refractivity contribution is -0.113. The van der Waals surface area contributed by atoms with Crippen molar-refractivity contribution in [3.63, 3.8) is 0 Å². The van der Waals surface area contributed by atoms with Crippen molar-refractivity contribution in [1.82, 2.24) is 0 Å². The van der Waals surface area contributed by atoms with E-state index in [4.69, 9.17) is 16.3 Å². The summed E-state index contributed by atoms with van der Waals surface area (Å²) in [6.45, 7) is 7.88. The highest BCUT2D eigenvalue weighted by atomic mass is 35.5. The smallest absolute Gasteiger partial charge is 0.234 e. The summed E-state index contributed by atoms with van der Waals surface area (Å²) in [5.74, 6) is 1.48. The lowest BCUT2D eigenvalue weighted by atomic mass is 10.1. The molecule has 0 aliphatic rings. The molecule has 0 atom stereocenters. The van der Waals surface area contributed by atoms with Gasteiger partial charge in [0.1, 0.15) is 5.75 Å². The molecule has 0 bridgehead atoms. The molecular formula is C21H24ClNO3S. The van der Waals surface area contributed by atoms with Gasteiger partial charge in [-0.1, -0.05) is 17.7 Å². The second-order valence-corrected chi connectivity index (χ2v) is 7.68. The van der Waals surface area contributed by atoms with Crippen molar-refractivity contribution >= 4 is 40.7 Å². The molecule has 1 amide bonds. The number of rotatable bonds is 8. The molecule has 0 spiro atoms.